The molecular weight excluding hydrogens is 248 g/mol. The Labute approximate surface area is 93.2 Å². The van der Waals surface area contributed by atoms with Crippen molar-refractivity contribution in [2.75, 3.05) is 0 Å². The summed E-state index contributed by atoms with van der Waals surface area (Å²) < 4.78 is 74.8. The molecule has 0 aromatic heterocycles. The first-order valence-electron chi connectivity index (χ1n) is 4.55. The molecule has 0 atom stereocenters. The van der Waals surface area contributed by atoms with Crippen molar-refractivity contribution in [3.8, 4) is 0 Å². The molecule has 1 rings (SSSR count). The van der Waals surface area contributed by atoms with Gasteiger partial charge in [-0.05, 0) is 30.2 Å². The summed E-state index contributed by atoms with van der Waals surface area (Å²) in [5.41, 5.74) is 2.07. The van der Waals surface area contributed by atoms with E-state index < -0.39 is 23.5 Å². The topological polar surface area (TPSA) is 26.0 Å². The molecule has 0 aliphatic heterocycles. The van der Waals surface area contributed by atoms with Crippen LogP contribution in [0.4, 0.5) is 26.3 Å². The fraction of sp³-hybridized carbons (Fsp3) is 0.400. The molecule has 1 nitrogen and oxygen atoms in total. The van der Waals surface area contributed by atoms with Gasteiger partial charge in [0.2, 0.25) is 0 Å². The van der Waals surface area contributed by atoms with Crippen LogP contribution in [-0.2, 0) is 18.9 Å². The van der Waals surface area contributed by atoms with E-state index in [2.05, 4.69) is 0 Å². The van der Waals surface area contributed by atoms with E-state index in [1.165, 1.54) is 0 Å². The van der Waals surface area contributed by atoms with Crippen LogP contribution in [0.2, 0.25) is 0 Å². The zero-order chi connectivity index (χ0) is 13.4. The lowest BCUT2D eigenvalue weighted by atomic mass is 9.98. The molecule has 0 heterocycles. The van der Waals surface area contributed by atoms with E-state index in [1.54, 1.807) is 0 Å². The van der Waals surface area contributed by atoms with E-state index in [0.29, 0.717) is 6.07 Å². The predicted molar refractivity (Wildman–Crippen MR) is 49.1 cm³/mol. The van der Waals surface area contributed by atoms with Crippen molar-refractivity contribution in [2.24, 2.45) is 5.73 Å². The second-order valence-corrected chi connectivity index (χ2v) is 3.51. The van der Waals surface area contributed by atoms with Gasteiger partial charge in [-0.25, -0.2) is 0 Å². The molecule has 0 bridgehead atoms. The summed E-state index contributed by atoms with van der Waals surface area (Å²) in [6.07, 6.45) is -9.65. The second-order valence-electron chi connectivity index (χ2n) is 3.51. The third-order valence-electron chi connectivity index (χ3n) is 2.37. The first kappa shape index (κ1) is 13.8. The molecule has 1 aromatic carbocycles. The fourth-order valence-corrected chi connectivity index (χ4v) is 1.44. The maximum Gasteiger partial charge on any atom is 0.416 e. The first-order valence-corrected chi connectivity index (χ1v) is 4.55. The number of alkyl halides is 6. The molecule has 0 aliphatic carbocycles. The molecule has 0 spiro atoms. The predicted octanol–water partition coefficient (Wildman–Crippen LogP) is 3.49. The van der Waals surface area contributed by atoms with Crippen molar-refractivity contribution in [3.63, 3.8) is 0 Å². The van der Waals surface area contributed by atoms with Crippen molar-refractivity contribution in [1.29, 1.82) is 0 Å². The maximum atomic E-state index is 12.5. The monoisotopic (exact) mass is 257 g/mol. The molecule has 0 fully saturated rings. The van der Waals surface area contributed by atoms with Gasteiger partial charge in [-0.15, -0.1) is 0 Å². The van der Waals surface area contributed by atoms with Crippen LogP contribution in [0.25, 0.3) is 0 Å². The van der Waals surface area contributed by atoms with Gasteiger partial charge in [0, 0.05) is 6.54 Å². The Morgan fingerprint density at radius 1 is 1.00 bits per heavy atom. The molecule has 2 N–H and O–H groups in total. The summed E-state index contributed by atoms with van der Waals surface area (Å²) in [4.78, 5) is 0. The van der Waals surface area contributed by atoms with Gasteiger partial charge in [0.05, 0.1) is 11.1 Å². The summed E-state index contributed by atoms with van der Waals surface area (Å²) in [5.74, 6) is 0. The lowest BCUT2D eigenvalue weighted by molar-refractivity contribution is -0.143. The smallest absolute Gasteiger partial charge is 0.326 e. The standard InChI is InChI=1S/C10H9F6N/c1-5-6(4-17)2-7(9(11,12)13)3-8(5)10(14,15)16/h2-3H,4,17H2,1H3. The molecule has 7 heteroatoms. The molecule has 0 saturated carbocycles. The van der Waals surface area contributed by atoms with E-state index in [9.17, 15) is 26.3 Å². The SMILES string of the molecule is Cc1c(CN)cc(C(F)(F)F)cc1C(F)(F)F. The van der Waals surface area contributed by atoms with E-state index in [0.717, 1.165) is 6.92 Å². The molecule has 0 aliphatic rings. The molecule has 0 unspecified atom stereocenters. The van der Waals surface area contributed by atoms with E-state index in [-0.39, 0.29) is 23.7 Å². The van der Waals surface area contributed by atoms with E-state index in [4.69, 9.17) is 5.73 Å². The molecular formula is C10H9F6N. The minimum atomic E-state index is -4.82. The van der Waals surface area contributed by atoms with Crippen molar-refractivity contribution < 1.29 is 26.3 Å². The molecule has 96 valence electrons. The fourth-order valence-electron chi connectivity index (χ4n) is 1.44. The van der Waals surface area contributed by atoms with Gasteiger partial charge in [0.25, 0.3) is 0 Å². The molecule has 0 radical (unpaired) electrons. The van der Waals surface area contributed by atoms with Crippen LogP contribution in [0, 0.1) is 6.92 Å². The highest BCUT2D eigenvalue weighted by atomic mass is 19.4. The number of nitrogens with two attached hydrogens (primary N) is 1. The minimum Gasteiger partial charge on any atom is -0.326 e. The van der Waals surface area contributed by atoms with E-state index in [1.807, 2.05) is 0 Å². The zero-order valence-corrected chi connectivity index (χ0v) is 8.71. The van der Waals surface area contributed by atoms with Gasteiger partial charge in [-0.3, -0.25) is 0 Å². The Hall–Kier alpha value is -1.24. The number of benzene rings is 1. The van der Waals surface area contributed by atoms with Gasteiger partial charge in [0.15, 0.2) is 0 Å². The Balaban J connectivity index is 3.50. The number of hydrogen-bond acceptors (Lipinski definition) is 1. The Kier molecular flexibility index (Phi) is 3.42. The van der Waals surface area contributed by atoms with Gasteiger partial charge in [0.1, 0.15) is 0 Å². The molecule has 1 aromatic rings. The van der Waals surface area contributed by atoms with Gasteiger partial charge in [-0.1, -0.05) is 0 Å². The van der Waals surface area contributed by atoms with Gasteiger partial charge in [-0.2, -0.15) is 26.3 Å². The third-order valence-corrected chi connectivity index (χ3v) is 2.37. The van der Waals surface area contributed by atoms with Crippen LogP contribution in [0.15, 0.2) is 12.1 Å². The summed E-state index contributed by atoms with van der Waals surface area (Å²) in [7, 11) is 0. The van der Waals surface area contributed by atoms with Crippen LogP contribution < -0.4 is 5.73 Å². The lowest BCUT2D eigenvalue weighted by Gasteiger charge is -2.17. The third kappa shape index (κ3) is 2.91. The number of halogens is 6. The normalized spacial score (nSPS) is 12.9. The first-order chi connectivity index (χ1) is 7.57. The highest BCUT2D eigenvalue weighted by Crippen LogP contribution is 2.38. The van der Waals surface area contributed by atoms with Crippen LogP contribution >= 0.6 is 0 Å². The summed E-state index contributed by atoms with van der Waals surface area (Å²) in [6.45, 7) is 0.726. The highest BCUT2D eigenvalue weighted by Gasteiger charge is 2.38. The van der Waals surface area contributed by atoms with Gasteiger partial charge < -0.3 is 5.73 Å². The van der Waals surface area contributed by atoms with Crippen LogP contribution in [0.3, 0.4) is 0 Å². The largest absolute Gasteiger partial charge is 0.416 e. The lowest BCUT2D eigenvalue weighted by Crippen LogP contribution is -2.15. The summed E-state index contributed by atoms with van der Waals surface area (Å²) >= 11 is 0. The van der Waals surface area contributed by atoms with Crippen LogP contribution in [0.1, 0.15) is 22.3 Å². The van der Waals surface area contributed by atoms with E-state index >= 15 is 0 Å². The average molecular weight is 257 g/mol. The minimum absolute atomic E-state index is 0.106. The van der Waals surface area contributed by atoms with Crippen LogP contribution in [0.5, 0.6) is 0 Å². The summed E-state index contributed by atoms with van der Waals surface area (Å²) in [6, 6.07) is 0.749. The molecule has 0 amide bonds. The Bertz CT molecular complexity index is 418. The van der Waals surface area contributed by atoms with Crippen molar-refractivity contribution in [1.82, 2.24) is 0 Å². The van der Waals surface area contributed by atoms with Crippen LogP contribution in [-0.4, -0.2) is 0 Å². The Morgan fingerprint density at radius 3 is 1.88 bits per heavy atom. The zero-order valence-electron chi connectivity index (χ0n) is 8.71. The number of hydrogen-bond donors (Lipinski definition) is 1. The number of rotatable bonds is 1. The highest BCUT2D eigenvalue weighted by molar-refractivity contribution is 5.41. The average Bonchev–Trinajstić information content (AvgIpc) is 2.14. The summed E-state index contributed by atoms with van der Waals surface area (Å²) in [5, 5.41) is 0. The van der Waals surface area contributed by atoms with Crippen molar-refractivity contribution in [3.05, 3.63) is 34.4 Å². The van der Waals surface area contributed by atoms with Crippen molar-refractivity contribution >= 4 is 0 Å². The quantitative estimate of drug-likeness (QED) is 0.766. The second kappa shape index (κ2) is 4.21. The molecule has 0 saturated heterocycles. The van der Waals surface area contributed by atoms with Crippen molar-refractivity contribution in [2.45, 2.75) is 25.8 Å². The Morgan fingerprint density at radius 2 is 1.53 bits per heavy atom. The van der Waals surface area contributed by atoms with Gasteiger partial charge >= 0.3 is 12.4 Å². The maximum absolute atomic E-state index is 12.5. The molecule has 17 heavy (non-hydrogen) atoms.